The summed E-state index contributed by atoms with van der Waals surface area (Å²) in [5, 5.41) is 13.2. The lowest BCUT2D eigenvalue weighted by atomic mass is 9.96. The maximum Gasteiger partial charge on any atom is 0.147 e. The third-order valence-corrected chi connectivity index (χ3v) is 6.36. The largest absolute Gasteiger partial charge is 0.312 e. The van der Waals surface area contributed by atoms with Crippen LogP contribution in [0.2, 0.25) is 0 Å². The van der Waals surface area contributed by atoms with Crippen molar-refractivity contribution in [3.8, 4) is 0 Å². The van der Waals surface area contributed by atoms with Crippen LogP contribution in [-0.2, 0) is 19.6 Å². The maximum absolute atomic E-state index is 13.4. The lowest BCUT2D eigenvalue weighted by molar-refractivity contribution is 0.199. The summed E-state index contributed by atoms with van der Waals surface area (Å²) in [6, 6.07) is 4.82. The monoisotopic (exact) mass is 408 g/mol. The van der Waals surface area contributed by atoms with E-state index >= 15 is 0 Å². The number of hydrogen-bond donors (Lipinski definition) is 1. The van der Waals surface area contributed by atoms with Gasteiger partial charge in [0.25, 0.3) is 0 Å². The van der Waals surface area contributed by atoms with E-state index in [1.807, 2.05) is 0 Å². The van der Waals surface area contributed by atoms with E-state index in [2.05, 4.69) is 30.0 Å². The number of aromatic nitrogens is 4. The molecule has 27 heavy (non-hydrogen) atoms. The Labute approximate surface area is 167 Å². The van der Waals surface area contributed by atoms with Crippen LogP contribution in [0.15, 0.2) is 18.2 Å². The molecule has 5 rings (SSSR count). The van der Waals surface area contributed by atoms with Gasteiger partial charge < -0.3 is 9.88 Å². The highest BCUT2D eigenvalue weighted by molar-refractivity contribution is 7.18. The van der Waals surface area contributed by atoms with E-state index in [0.717, 1.165) is 79.0 Å². The van der Waals surface area contributed by atoms with Crippen molar-refractivity contribution in [2.45, 2.75) is 38.4 Å². The third kappa shape index (κ3) is 3.71. The summed E-state index contributed by atoms with van der Waals surface area (Å²) in [6.07, 6.45) is 2.20. The zero-order valence-corrected chi connectivity index (χ0v) is 16.5. The van der Waals surface area contributed by atoms with E-state index in [9.17, 15) is 4.39 Å². The van der Waals surface area contributed by atoms with E-state index in [4.69, 9.17) is 0 Å². The van der Waals surface area contributed by atoms with E-state index in [1.54, 1.807) is 23.5 Å². The molecular weight excluding hydrogens is 387 g/mol. The van der Waals surface area contributed by atoms with Gasteiger partial charge in [0, 0.05) is 19.0 Å². The minimum absolute atomic E-state index is 0. The fourth-order valence-corrected chi connectivity index (χ4v) is 5.01. The van der Waals surface area contributed by atoms with Crippen molar-refractivity contribution in [2.75, 3.05) is 19.6 Å². The number of rotatable bonds is 3. The summed E-state index contributed by atoms with van der Waals surface area (Å²) < 4.78 is 16.6. The predicted molar refractivity (Wildman–Crippen MR) is 106 cm³/mol. The smallest absolute Gasteiger partial charge is 0.147 e. The number of likely N-dealkylation sites (tertiary alicyclic amines) is 1. The van der Waals surface area contributed by atoms with Gasteiger partial charge >= 0.3 is 0 Å². The molecule has 2 aliphatic rings. The Hall–Kier alpha value is -1.61. The van der Waals surface area contributed by atoms with Crippen molar-refractivity contribution in [3.63, 3.8) is 0 Å². The van der Waals surface area contributed by atoms with Crippen molar-refractivity contribution in [1.29, 1.82) is 0 Å². The number of thiazole rings is 1. The molecule has 0 unspecified atom stereocenters. The maximum atomic E-state index is 13.4. The van der Waals surface area contributed by atoms with Gasteiger partial charge in [-0.05, 0) is 44.1 Å². The second-order valence-corrected chi connectivity index (χ2v) is 8.19. The van der Waals surface area contributed by atoms with Crippen LogP contribution >= 0.6 is 23.7 Å². The van der Waals surface area contributed by atoms with Gasteiger partial charge in [-0.2, -0.15) is 0 Å². The zero-order valence-electron chi connectivity index (χ0n) is 14.9. The highest BCUT2D eigenvalue weighted by Gasteiger charge is 2.27. The number of hydrogen-bond acceptors (Lipinski definition) is 6. The number of halogens is 2. The normalized spacial score (nSPS) is 18.4. The van der Waals surface area contributed by atoms with Crippen LogP contribution in [-0.4, -0.2) is 44.3 Å². The fraction of sp³-hybridized carbons (Fsp3) is 0.500. The van der Waals surface area contributed by atoms with Crippen LogP contribution < -0.4 is 5.32 Å². The zero-order chi connectivity index (χ0) is 17.5. The van der Waals surface area contributed by atoms with Gasteiger partial charge in [0.2, 0.25) is 0 Å². The molecule has 0 aliphatic carbocycles. The molecule has 0 spiro atoms. The highest BCUT2D eigenvalue weighted by Crippen LogP contribution is 2.30. The second kappa shape index (κ2) is 7.79. The first-order valence-corrected chi connectivity index (χ1v) is 9.98. The fourth-order valence-electron chi connectivity index (χ4n) is 3.97. The molecule has 0 radical (unpaired) electrons. The Morgan fingerprint density at radius 2 is 2.04 bits per heavy atom. The van der Waals surface area contributed by atoms with Gasteiger partial charge in [0.1, 0.15) is 22.5 Å². The molecule has 0 atom stereocenters. The van der Waals surface area contributed by atoms with Gasteiger partial charge in [-0.25, -0.2) is 9.37 Å². The minimum atomic E-state index is -0.194. The molecule has 2 aromatic heterocycles. The summed E-state index contributed by atoms with van der Waals surface area (Å²) in [6.45, 7) is 5.71. The highest BCUT2D eigenvalue weighted by atomic mass is 35.5. The average Bonchev–Trinajstić information content (AvgIpc) is 3.25. The first-order chi connectivity index (χ1) is 12.8. The van der Waals surface area contributed by atoms with Gasteiger partial charge in [0.15, 0.2) is 0 Å². The van der Waals surface area contributed by atoms with Crippen molar-refractivity contribution in [2.24, 2.45) is 0 Å². The topological polar surface area (TPSA) is 58.9 Å². The molecule has 1 aromatic carbocycles. The summed E-state index contributed by atoms with van der Waals surface area (Å²) in [7, 11) is 0. The van der Waals surface area contributed by atoms with Crippen LogP contribution in [0.5, 0.6) is 0 Å². The molecule has 2 aliphatic heterocycles. The van der Waals surface area contributed by atoms with Crippen molar-refractivity contribution in [1.82, 2.24) is 30.0 Å². The van der Waals surface area contributed by atoms with Gasteiger partial charge in [-0.1, -0.05) is 0 Å². The molecule has 3 aromatic rings. The Bertz CT molecular complexity index is 933. The second-order valence-electron chi connectivity index (χ2n) is 7.07. The molecule has 1 fully saturated rings. The molecule has 0 bridgehead atoms. The molecule has 4 heterocycles. The van der Waals surface area contributed by atoms with Crippen LogP contribution in [0.4, 0.5) is 4.39 Å². The molecule has 0 amide bonds. The molecule has 6 nitrogen and oxygen atoms in total. The van der Waals surface area contributed by atoms with Gasteiger partial charge in [-0.15, -0.1) is 33.9 Å². The lowest BCUT2D eigenvalue weighted by Gasteiger charge is -2.31. The first kappa shape index (κ1) is 18.7. The Kier molecular flexibility index (Phi) is 5.41. The molecule has 0 saturated carbocycles. The predicted octanol–water partition coefficient (Wildman–Crippen LogP) is 2.93. The standard InChI is InChI=1S/C18H21FN6S.ClH/c19-13-1-2-14-15(9-13)26-17(21-14)11-24-6-3-12(4-7-24)18-23-22-16-10-20-5-8-25(16)18;/h1-2,9,12,20H,3-8,10-11H2;1H. The number of fused-ring (bicyclic) bond motifs is 2. The third-order valence-electron chi connectivity index (χ3n) is 5.36. The van der Waals surface area contributed by atoms with Gasteiger partial charge in [-0.3, -0.25) is 4.90 Å². The summed E-state index contributed by atoms with van der Waals surface area (Å²) in [4.78, 5) is 7.10. The SMILES string of the molecule is Cl.Fc1ccc2nc(CN3CCC(c4nnc5n4CCNC5)CC3)sc2c1. The van der Waals surface area contributed by atoms with Crippen molar-refractivity contribution >= 4 is 34.0 Å². The molecule has 1 saturated heterocycles. The van der Waals surface area contributed by atoms with Crippen molar-refractivity contribution in [3.05, 3.63) is 40.7 Å². The quantitative estimate of drug-likeness (QED) is 0.722. The van der Waals surface area contributed by atoms with E-state index in [1.165, 1.54) is 6.07 Å². The average molecular weight is 409 g/mol. The van der Waals surface area contributed by atoms with Crippen molar-refractivity contribution < 1.29 is 4.39 Å². The lowest BCUT2D eigenvalue weighted by Crippen LogP contribution is -2.34. The van der Waals surface area contributed by atoms with Crippen LogP contribution in [0.1, 0.15) is 35.4 Å². The number of piperidine rings is 1. The molecular formula is C18H22ClFN6S. The molecule has 144 valence electrons. The number of nitrogens with one attached hydrogen (secondary N) is 1. The number of benzene rings is 1. The number of nitrogens with zero attached hydrogens (tertiary/aromatic N) is 5. The van der Waals surface area contributed by atoms with E-state index in [-0.39, 0.29) is 18.2 Å². The van der Waals surface area contributed by atoms with Gasteiger partial charge in [0.05, 0.1) is 23.3 Å². The van der Waals surface area contributed by atoms with E-state index in [0.29, 0.717) is 5.92 Å². The Morgan fingerprint density at radius 3 is 2.89 bits per heavy atom. The van der Waals surface area contributed by atoms with Crippen LogP contribution in [0.25, 0.3) is 10.2 Å². The van der Waals surface area contributed by atoms with Crippen LogP contribution in [0.3, 0.4) is 0 Å². The summed E-state index contributed by atoms with van der Waals surface area (Å²) in [5.41, 5.74) is 0.894. The molecule has 1 N–H and O–H groups in total. The van der Waals surface area contributed by atoms with Crippen LogP contribution in [0, 0.1) is 5.82 Å². The Morgan fingerprint density at radius 1 is 1.19 bits per heavy atom. The summed E-state index contributed by atoms with van der Waals surface area (Å²) >= 11 is 1.60. The Balaban J connectivity index is 0.00000180. The molecule has 9 heteroatoms. The first-order valence-electron chi connectivity index (χ1n) is 9.16. The summed E-state index contributed by atoms with van der Waals surface area (Å²) in [5.74, 6) is 2.53. The van der Waals surface area contributed by atoms with E-state index < -0.39 is 0 Å². The minimum Gasteiger partial charge on any atom is -0.312 e.